The first-order valence-corrected chi connectivity index (χ1v) is 10.00. The molecule has 0 radical (unpaired) electrons. The second kappa shape index (κ2) is 7.83. The van der Waals surface area contributed by atoms with Gasteiger partial charge in [-0.3, -0.25) is 14.6 Å². The molecule has 4 rings (SSSR count). The number of fused-ring (bicyclic) bond motifs is 1. The van der Waals surface area contributed by atoms with Gasteiger partial charge in [-0.2, -0.15) is 0 Å². The fraction of sp³-hybridized carbons (Fsp3) is 0.435. The van der Waals surface area contributed by atoms with Crippen LogP contribution in [0.4, 0.5) is 5.69 Å². The summed E-state index contributed by atoms with van der Waals surface area (Å²) in [5, 5.41) is 0. The van der Waals surface area contributed by atoms with Gasteiger partial charge in [-0.25, -0.2) is 0 Å². The summed E-state index contributed by atoms with van der Waals surface area (Å²) in [5.41, 5.74) is 5.08. The van der Waals surface area contributed by atoms with Gasteiger partial charge in [0.2, 0.25) is 5.91 Å². The SMILES string of the molecule is Cc1ccc(CN2CCN(CC(=O)N3CC(C)c4ccccc43)CC2)cc1. The van der Waals surface area contributed by atoms with Crippen molar-refractivity contribution in [3.8, 4) is 0 Å². The molecule has 1 amide bonds. The molecule has 0 spiro atoms. The highest BCUT2D eigenvalue weighted by atomic mass is 16.2. The van der Waals surface area contributed by atoms with Gasteiger partial charge in [0, 0.05) is 50.9 Å². The topological polar surface area (TPSA) is 26.8 Å². The molecular weight excluding hydrogens is 334 g/mol. The van der Waals surface area contributed by atoms with Crippen molar-refractivity contribution in [2.45, 2.75) is 26.3 Å². The zero-order valence-electron chi connectivity index (χ0n) is 16.4. The third-order valence-corrected chi connectivity index (χ3v) is 5.87. The van der Waals surface area contributed by atoms with Crippen molar-refractivity contribution in [1.29, 1.82) is 0 Å². The van der Waals surface area contributed by atoms with Crippen molar-refractivity contribution in [3.63, 3.8) is 0 Å². The number of aryl methyl sites for hydroxylation is 1. The quantitative estimate of drug-likeness (QED) is 0.834. The van der Waals surface area contributed by atoms with E-state index in [1.807, 2.05) is 11.0 Å². The van der Waals surface area contributed by atoms with Crippen LogP contribution in [0.2, 0.25) is 0 Å². The highest BCUT2D eigenvalue weighted by Gasteiger charge is 2.30. The highest BCUT2D eigenvalue weighted by Crippen LogP contribution is 2.35. The Kier molecular flexibility index (Phi) is 5.28. The molecule has 2 aromatic rings. The molecule has 0 bridgehead atoms. The van der Waals surface area contributed by atoms with E-state index in [0.717, 1.165) is 45.0 Å². The van der Waals surface area contributed by atoms with Crippen LogP contribution in [0.15, 0.2) is 48.5 Å². The molecule has 2 aliphatic rings. The molecule has 1 fully saturated rings. The fourth-order valence-electron chi connectivity index (χ4n) is 4.19. The minimum absolute atomic E-state index is 0.235. The van der Waals surface area contributed by atoms with E-state index >= 15 is 0 Å². The van der Waals surface area contributed by atoms with Crippen LogP contribution in [0, 0.1) is 6.92 Å². The third-order valence-electron chi connectivity index (χ3n) is 5.87. The number of amides is 1. The molecule has 27 heavy (non-hydrogen) atoms. The highest BCUT2D eigenvalue weighted by molar-refractivity contribution is 5.97. The molecule has 0 aromatic heterocycles. The van der Waals surface area contributed by atoms with Gasteiger partial charge < -0.3 is 4.90 Å². The summed E-state index contributed by atoms with van der Waals surface area (Å²) in [4.78, 5) is 19.7. The first-order chi connectivity index (χ1) is 13.1. The summed E-state index contributed by atoms with van der Waals surface area (Å²) in [6, 6.07) is 17.1. The number of hydrogen-bond acceptors (Lipinski definition) is 3. The molecule has 1 saturated heterocycles. The number of para-hydroxylation sites is 1. The number of piperazine rings is 1. The summed E-state index contributed by atoms with van der Waals surface area (Å²) < 4.78 is 0. The van der Waals surface area contributed by atoms with Crippen LogP contribution in [0.3, 0.4) is 0 Å². The number of benzene rings is 2. The van der Waals surface area contributed by atoms with Crippen LogP contribution in [-0.2, 0) is 11.3 Å². The molecule has 2 heterocycles. The van der Waals surface area contributed by atoms with Crippen molar-refractivity contribution < 1.29 is 4.79 Å². The predicted octanol–water partition coefficient (Wildman–Crippen LogP) is 3.26. The third kappa shape index (κ3) is 4.07. The zero-order valence-corrected chi connectivity index (χ0v) is 16.4. The normalized spacial score (nSPS) is 20.7. The maximum atomic E-state index is 12.9. The Morgan fingerprint density at radius 1 is 0.963 bits per heavy atom. The Morgan fingerprint density at radius 2 is 1.63 bits per heavy atom. The average molecular weight is 364 g/mol. The largest absolute Gasteiger partial charge is 0.310 e. The second-order valence-electron chi connectivity index (χ2n) is 8.00. The molecule has 1 atom stereocenters. The van der Waals surface area contributed by atoms with E-state index in [-0.39, 0.29) is 5.91 Å². The number of carbonyl (C=O) groups excluding carboxylic acids is 1. The minimum atomic E-state index is 0.235. The Labute approximate surface area is 162 Å². The summed E-state index contributed by atoms with van der Waals surface area (Å²) in [7, 11) is 0. The van der Waals surface area contributed by atoms with Gasteiger partial charge in [0.05, 0.1) is 6.54 Å². The van der Waals surface area contributed by atoms with Gasteiger partial charge in [0.25, 0.3) is 0 Å². The lowest BCUT2D eigenvalue weighted by molar-refractivity contribution is -0.120. The van der Waals surface area contributed by atoms with Gasteiger partial charge in [-0.05, 0) is 24.1 Å². The van der Waals surface area contributed by atoms with E-state index in [0.29, 0.717) is 12.5 Å². The Bertz CT molecular complexity index is 794. The summed E-state index contributed by atoms with van der Waals surface area (Å²) >= 11 is 0. The van der Waals surface area contributed by atoms with Crippen LogP contribution in [-0.4, -0.2) is 55.0 Å². The Hall–Kier alpha value is -2.17. The molecule has 0 saturated carbocycles. The van der Waals surface area contributed by atoms with Crippen LogP contribution in [0.5, 0.6) is 0 Å². The van der Waals surface area contributed by atoms with E-state index in [4.69, 9.17) is 0 Å². The smallest absolute Gasteiger partial charge is 0.241 e. The lowest BCUT2D eigenvalue weighted by atomic mass is 10.0. The number of carbonyl (C=O) groups is 1. The molecule has 4 nitrogen and oxygen atoms in total. The lowest BCUT2D eigenvalue weighted by Crippen LogP contribution is -2.49. The average Bonchev–Trinajstić information content (AvgIpc) is 3.02. The van der Waals surface area contributed by atoms with Crippen LogP contribution in [0.1, 0.15) is 29.5 Å². The van der Waals surface area contributed by atoms with Crippen molar-refractivity contribution in [2.24, 2.45) is 0 Å². The molecular formula is C23H29N3O. The van der Waals surface area contributed by atoms with E-state index < -0.39 is 0 Å². The standard InChI is InChI=1S/C23H29N3O/c1-18-7-9-20(10-8-18)16-24-11-13-25(14-12-24)17-23(27)26-15-19(2)21-5-3-4-6-22(21)26/h3-10,19H,11-17H2,1-2H3. The molecule has 2 aromatic carbocycles. The fourth-order valence-corrected chi connectivity index (χ4v) is 4.19. The molecule has 0 aliphatic carbocycles. The minimum Gasteiger partial charge on any atom is -0.310 e. The number of rotatable bonds is 4. The maximum Gasteiger partial charge on any atom is 0.241 e. The Morgan fingerprint density at radius 3 is 2.37 bits per heavy atom. The summed E-state index contributed by atoms with van der Waals surface area (Å²) in [5.74, 6) is 0.662. The molecule has 2 aliphatic heterocycles. The number of hydrogen-bond donors (Lipinski definition) is 0. The molecule has 142 valence electrons. The van der Waals surface area contributed by atoms with Gasteiger partial charge in [-0.1, -0.05) is 55.0 Å². The van der Waals surface area contributed by atoms with Crippen LogP contribution < -0.4 is 4.90 Å². The number of nitrogens with zero attached hydrogens (tertiary/aromatic N) is 3. The van der Waals surface area contributed by atoms with Crippen molar-refractivity contribution >= 4 is 11.6 Å². The van der Waals surface area contributed by atoms with Crippen LogP contribution >= 0.6 is 0 Å². The van der Waals surface area contributed by atoms with E-state index in [9.17, 15) is 4.79 Å². The van der Waals surface area contributed by atoms with Crippen LogP contribution in [0.25, 0.3) is 0 Å². The van der Waals surface area contributed by atoms with Gasteiger partial charge in [0.1, 0.15) is 0 Å². The maximum absolute atomic E-state index is 12.9. The van der Waals surface area contributed by atoms with Gasteiger partial charge >= 0.3 is 0 Å². The Balaban J connectivity index is 1.29. The van der Waals surface area contributed by atoms with E-state index in [1.165, 1.54) is 16.7 Å². The summed E-state index contributed by atoms with van der Waals surface area (Å²) in [6.07, 6.45) is 0. The zero-order chi connectivity index (χ0) is 18.8. The molecule has 1 unspecified atom stereocenters. The van der Waals surface area contributed by atoms with E-state index in [2.05, 4.69) is 66.1 Å². The van der Waals surface area contributed by atoms with Gasteiger partial charge in [-0.15, -0.1) is 0 Å². The molecule has 0 N–H and O–H groups in total. The van der Waals surface area contributed by atoms with Crippen molar-refractivity contribution in [3.05, 3.63) is 65.2 Å². The second-order valence-corrected chi connectivity index (χ2v) is 8.00. The number of anilines is 1. The summed E-state index contributed by atoms with van der Waals surface area (Å²) in [6.45, 7) is 10.6. The lowest BCUT2D eigenvalue weighted by Gasteiger charge is -2.35. The van der Waals surface area contributed by atoms with Crippen molar-refractivity contribution in [1.82, 2.24) is 9.80 Å². The first kappa shape index (κ1) is 18.2. The van der Waals surface area contributed by atoms with Gasteiger partial charge in [0.15, 0.2) is 0 Å². The first-order valence-electron chi connectivity index (χ1n) is 10.00. The monoisotopic (exact) mass is 363 g/mol. The predicted molar refractivity (Wildman–Crippen MR) is 110 cm³/mol. The molecule has 4 heteroatoms. The van der Waals surface area contributed by atoms with E-state index in [1.54, 1.807) is 0 Å². The van der Waals surface area contributed by atoms with Crippen molar-refractivity contribution in [2.75, 3.05) is 44.2 Å².